The van der Waals surface area contributed by atoms with E-state index >= 15 is 0 Å². The summed E-state index contributed by atoms with van der Waals surface area (Å²) >= 11 is 0. The first kappa shape index (κ1) is 17.4. The molecular weight excluding hydrogens is 385 g/mol. The van der Waals surface area contributed by atoms with Crippen molar-refractivity contribution >= 4 is 33.8 Å². The van der Waals surface area contributed by atoms with Crippen LogP contribution in [0.15, 0.2) is 36.8 Å². The third kappa shape index (κ3) is 2.66. The van der Waals surface area contributed by atoms with Gasteiger partial charge >= 0.3 is 0 Å². The van der Waals surface area contributed by atoms with Crippen molar-refractivity contribution in [2.45, 2.75) is 19.0 Å². The molecule has 9 heteroatoms. The van der Waals surface area contributed by atoms with Gasteiger partial charge in [-0.3, -0.25) is 9.48 Å². The lowest BCUT2D eigenvalue weighted by Crippen LogP contribution is -2.27. The molecule has 2 saturated heterocycles. The van der Waals surface area contributed by atoms with Gasteiger partial charge in [0.1, 0.15) is 5.52 Å². The highest BCUT2D eigenvalue weighted by molar-refractivity contribution is 6.14. The molecule has 8 nitrogen and oxygen atoms in total. The second-order valence-electron chi connectivity index (χ2n) is 8.13. The van der Waals surface area contributed by atoms with Crippen molar-refractivity contribution in [2.24, 2.45) is 7.05 Å². The highest BCUT2D eigenvalue weighted by Crippen LogP contribution is 2.34. The number of pyridine rings is 1. The summed E-state index contributed by atoms with van der Waals surface area (Å²) in [6, 6.07) is 6.20. The van der Waals surface area contributed by atoms with Gasteiger partial charge in [-0.15, -0.1) is 0 Å². The summed E-state index contributed by atoms with van der Waals surface area (Å²) in [4.78, 5) is 19.5. The maximum atomic E-state index is 14.4. The molecule has 1 amide bonds. The molecule has 2 atom stereocenters. The number of aromatic nitrogens is 4. The third-order valence-corrected chi connectivity index (χ3v) is 5.88. The standard InChI is InChI=1S/C21H20FN7O/c1-11-6-29-7-12(5-15(22)20(29)23-11)24-21(30)13-3-4-18(14-8-27(2)26-19(13)14)28-9-16-17(10-28)25-16/h3-8,16-17,25H,9-10H2,1-2H3,(H,24,30). The highest BCUT2D eigenvalue weighted by atomic mass is 19.1. The largest absolute Gasteiger partial charge is 0.368 e. The topological polar surface area (TPSA) is 89.4 Å². The number of rotatable bonds is 3. The summed E-state index contributed by atoms with van der Waals surface area (Å²) in [5.74, 6) is -0.813. The lowest BCUT2D eigenvalue weighted by Gasteiger charge is -2.21. The van der Waals surface area contributed by atoms with Crippen LogP contribution in [0, 0.1) is 12.7 Å². The van der Waals surface area contributed by atoms with Gasteiger partial charge < -0.3 is 19.9 Å². The molecule has 5 heterocycles. The van der Waals surface area contributed by atoms with Gasteiger partial charge in [-0.1, -0.05) is 0 Å². The zero-order valence-electron chi connectivity index (χ0n) is 16.6. The lowest BCUT2D eigenvalue weighted by atomic mass is 10.1. The van der Waals surface area contributed by atoms with E-state index in [1.165, 1.54) is 6.07 Å². The van der Waals surface area contributed by atoms with Gasteiger partial charge in [0.05, 0.1) is 16.9 Å². The Morgan fingerprint density at radius 3 is 2.83 bits per heavy atom. The second-order valence-corrected chi connectivity index (χ2v) is 8.13. The molecule has 0 saturated carbocycles. The van der Waals surface area contributed by atoms with E-state index in [-0.39, 0.29) is 11.6 Å². The molecule has 152 valence electrons. The van der Waals surface area contributed by atoms with Crippen LogP contribution in [0.25, 0.3) is 16.6 Å². The molecule has 2 unspecified atom stereocenters. The van der Waals surface area contributed by atoms with E-state index in [1.54, 1.807) is 34.5 Å². The summed E-state index contributed by atoms with van der Waals surface area (Å²) < 4.78 is 17.7. The first-order chi connectivity index (χ1) is 14.5. The maximum Gasteiger partial charge on any atom is 0.257 e. The van der Waals surface area contributed by atoms with Gasteiger partial charge in [0.15, 0.2) is 11.5 Å². The molecule has 2 aliphatic heterocycles. The molecule has 0 bridgehead atoms. The molecule has 2 aliphatic rings. The van der Waals surface area contributed by atoms with Crippen LogP contribution in [0.2, 0.25) is 0 Å². The monoisotopic (exact) mass is 405 g/mol. The zero-order chi connectivity index (χ0) is 20.6. The normalized spacial score (nSPS) is 20.2. The fourth-order valence-electron chi connectivity index (χ4n) is 4.44. The summed E-state index contributed by atoms with van der Waals surface area (Å²) in [6.07, 6.45) is 5.32. The molecular formula is C21H20FN7O. The van der Waals surface area contributed by atoms with Crippen molar-refractivity contribution < 1.29 is 9.18 Å². The van der Waals surface area contributed by atoms with Crippen LogP contribution in [0.3, 0.4) is 0 Å². The summed E-state index contributed by atoms with van der Waals surface area (Å²) in [5.41, 5.74) is 3.49. The van der Waals surface area contributed by atoms with E-state index < -0.39 is 5.82 Å². The average molecular weight is 405 g/mol. The first-order valence-electron chi connectivity index (χ1n) is 9.90. The van der Waals surface area contributed by atoms with Crippen molar-refractivity contribution in [2.75, 3.05) is 23.3 Å². The van der Waals surface area contributed by atoms with Crippen molar-refractivity contribution in [1.82, 2.24) is 24.5 Å². The number of hydrogen-bond acceptors (Lipinski definition) is 5. The Labute approximate surface area is 171 Å². The fraction of sp³-hybridized carbons (Fsp3) is 0.286. The molecule has 4 aromatic rings. The number of imidazole rings is 1. The quantitative estimate of drug-likeness (QED) is 0.510. The van der Waals surface area contributed by atoms with Gasteiger partial charge in [-0.05, 0) is 19.1 Å². The highest BCUT2D eigenvalue weighted by Gasteiger charge is 2.45. The molecule has 0 spiro atoms. The number of carbonyl (C=O) groups is 1. The van der Waals surface area contributed by atoms with E-state index in [9.17, 15) is 9.18 Å². The SMILES string of the molecule is Cc1cn2cc(NC(=O)c3ccc(N4CC5NC5C4)c4cn(C)nc34)cc(F)c2n1. The Bertz CT molecular complexity index is 1330. The molecule has 0 radical (unpaired) electrons. The zero-order valence-corrected chi connectivity index (χ0v) is 16.6. The number of amides is 1. The summed E-state index contributed by atoms with van der Waals surface area (Å²) in [6.45, 7) is 3.72. The number of carbonyl (C=O) groups excluding carboxylic acids is 1. The van der Waals surface area contributed by atoms with Gasteiger partial charge in [0, 0.05) is 68.0 Å². The molecule has 30 heavy (non-hydrogen) atoms. The molecule has 1 aromatic carbocycles. The number of hydrogen-bond donors (Lipinski definition) is 2. The van der Waals surface area contributed by atoms with E-state index in [1.807, 2.05) is 19.3 Å². The number of fused-ring (bicyclic) bond motifs is 3. The minimum atomic E-state index is -0.486. The van der Waals surface area contributed by atoms with Crippen LogP contribution in [0.1, 0.15) is 16.1 Å². The van der Waals surface area contributed by atoms with E-state index in [0.717, 1.165) is 24.2 Å². The second kappa shape index (κ2) is 6.02. The van der Waals surface area contributed by atoms with Crippen LogP contribution in [0.5, 0.6) is 0 Å². The fourth-order valence-corrected chi connectivity index (χ4v) is 4.44. The van der Waals surface area contributed by atoms with Gasteiger partial charge in [-0.2, -0.15) is 5.10 Å². The minimum absolute atomic E-state index is 0.236. The molecule has 6 rings (SSSR count). The first-order valence-corrected chi connectivity index (χ1v) is 9.90. The lowest BCUT2D eigenvalue weighted by molar-refractivity contribution is 0.102. The smallest absolute Gasteiger partial charge is 0.257 e. The Kier molecular flexibility index (Phi) is 3.49. The number of nitrogens with one attached hydrogen (secondary N) is 2. The summed E-state index contributed by atoms with van der Waals surface area (Å²) in [5, 5.41) is 11.7. The predicted molar refractivity (Wildman–Crippen MR) is 111 cm³/mol. The Morgan fingerprint density at radius 1 is 1.23 bits per heavy atom. The molecule has 0 aliphatic carbocycles. The minimum Gasteiger partial charge on any atom is -0.368 e. The maximum absolute atomic E-state index is 14.4. The average Bonchev–Trinajstić information content (AvgIpc) is 3.03. The third-order valence-electron chi connectivity index (χ3n) is 5.88. The number of anilines is 2. The Hall–Kier alpha value is -3.46. The van der Waals surface area contributed by atoms with Crippen molar-refractivity contribution in [3.05, 3.63) is 53.9 Å². The molecule has 3 aromatic heterocycles. The van der Waals surface area contributed by atoms with Crippen LogP contribution >= 0.6 is 0 Å². The van der Waals surface area contributed by atoms with Crippen LogP contribution in [-0.4, -0.2) is 50.2 Å². The van der Waals surface area contributed by atoms with E-state index in [0.29, 0.717) is 34.5 Å². The van der Waals surface area contributed by atoms with Crippen molar-refractivity contribution in [1.29, 1.82) is 0 Å². The van der Waals surface area contributed by atoms with Crippen molar-refractivity contribution in [3.63, 3.8) is 0 Å². The predicted octanol–water partition coefficient (Wildman–Crippen LogP) is 2.08. The number of piperazine rings is 1. The molecule has 2 fully saturated rings. The molecule has 2 N–H and O–H groups in total. The number of benzene rings is 1. The van der Waals surface area contributed by atoms with E-state index in [2.05, 4.69) is 25.6 Å². The Morgan fingerprint density at radius 2 is 2.03 bits per heavy atom. The summed E-state index contributed by atoms with van der Waals surface area (Å²) in [7, 11) is 1.85. The number of nitrogens with zero attached hydrogens (tertiary/aromatic N) is 5. The van der Waals surface area contributed by atoms with Gasteiger partial charge in [-0.25, -0.2) is 9.37 Å². The van der Waals surface area contributed by atoms with Crippen LogP contribution in [0.4, 0.5) is 15.8 Å². The van der Waals surface area contributed by atoms with Gasteiger partial charge in [0.25, 0.3) is 5.91 Å². The van der Waals surface area contributed by atoms with E-state index in [4.69, 9.17) is 0 Å². The number of aryl methyl sites for hydroxylation is 2. The van der Waals surface area contributed by atoms with Crippen LogP contribution < -0.4 is 15.5 Å². The Balaban J connectivity index is 1.36. The number of halogens is 1. The van der Waals surface area contributed by atoms with Gasteiger partial charge in [0.2, 0.25) is 0 Å². The van der Waals surface area contributed by atoms with Crippen molar-refractivity contribution in [3.8, 4) is 0 Å². The van der Waals surface area contributed by atoms with Crippen LogP contribution in [-0.2, 0) is 7.05 Å².